The van der Waals surface area contributed by atoms with Gasteiger partial charge in [0, 0.05) is 0 Å². The lowest BCUT2D eigenvalue weighted by atomic mass is 9.95. The minimum Gasteiger partial charge on any atom is -1.00 e. The molecule has 0 aliphatic rings. The molecule has 0 bridgehead atoms. The Morgan fingerprint density at radius 2 is 0.379 bits per heavy atom. The summed E-state index contributed by atoms with van der Waals surface area (Å²) in [5, 5.41) is 0. The van der Waals surface area contributed by atoms with E-state index in [0.29, 0.717) is 0 Å². The van der Waals surface area contributed by atoms with Crippen molar-refractivity contribution in [3.63, 3.8) is 0 Å². The van der Waals surface area contributed by atoms with E-state index in [1.807, 2.05) is 0 Å². The Kier molecular flexibility index (Phi) is 51.6. The predicted octanol–water partition coefficient (Wildman–Crippen LogP) is 12.3. The van der Waals surface area contributed by atoms with Crippen molar-refractivity contribution in [3.8, 4) is 0 Å². The van der Waals surface area contributed by atoms with E-state index in [4.69, 9.17) is 0 Å². The van der Waals surface area contributed by atoms with Gasteiger partial charge >= 0.3 is 0 Å². The Balaban J connectivity index is -0.0000151. The van der Waals surface area contributed by atoms with Gasteiger partial charge < -0.3 is 42.9 Å². The molecular weight excluding hydrogens is 836 g/mol. The van der Waals surface area contributed by atoms with Crippen LogP contribution in [0, 0.1) is 0 Å². The van der Waals surface area contributed by atoms with E-state index < -0.39 is 0 Å². The number of halogens is 2. The zero-order valence-electron chi connectivity index (χ0n) is 41.9. The highest BCUT2D eigenvalue weighted by molar-refractivity contribution is 4.64. The zero-order valence-corrected chi connectivity index (χ0v) is 45.1. The van der Waals surface area contributed by atoms with Crippen LogP contribution in [-0.2, 0) is 0 Å². The van der Waals surface area contributed by atoms with E-state index in [2.05, 4.69) is 55.9 Å². The van der Waals surface area contributed by atoms with Crippen molar-refractivity contribution in [1.82, 2.24) is 0 Å². The quantitative estimate of drug-likeness (QED) is 0.0421. The second-order valence-electron chi connectivity index (χ2n) is 20.5. The average Bonchev–Trinajstić information content (AvgIpc) is 3.18. The van der Waals surface area contributed by atoms with E-state index in [0.717, 1.165) is 12.1 Å². The van der Waals surface area contributed by atoms with Gasteiger partial charge in [-0.25, -0.2) is 0 Å². The summed E-state index contributed by atoms with van der Waals surface area (Å²) in [6.07, 6.45) is 60.9. The molecule has 0 radical (unpaired) electrons. The first-order chi connectivity index (χ1) is 27.2. The molecule has 0 heterocycles. The van der Waals surface area contributed by atoms with Crippen molar-refractivity contribution in [3.05, 3.63) is 0 Å². The largest absolute Gasteiger partial charge is 1.00 e. The first-order valence-electron chi connectivity index (χ1n) is 26.9. The van der Waals surface area contributed by atoms with Crippen LogP contribution >= 0.6 is 0 Å². The molecule has 0 fully saturated rings. The Hall–Kier alpha value is 0.880. The van der Waals surface area contributed by atoms with Gasteiger partial charge in [0.05, 0.1) is 53.4 Å². The number of rotatable bonds is 47. The minimum atomic E-state index is 0. The summed E-state index contributed by atoms with van der Waals surface area (Å²) in [6, 6.07) is 1.75. The van der Waals surface area contributed by atoms with Crippen LogP contribution in [0.5, 0.6) is 0 Å². The first-order valence-corrected chi connectivity index (χ1v) is 26.9. The van der Waals surface area contributed by atoms with Crippen molar-refractivity contribution in [2.75, 3.05) is 41.3 Å². The van der Waals surface area contributed by atoms with Gasteiger partial charge in [0.25, 0.3) is 0 Å². The molecular formula is C54H114Br2N2. The molecule has 4 heteroatoms. The van der Waals surface area contributed by atoms with Crippen LogP contribution in [0.3, 0.4) is 0 Å². The van der Waals surface area contributed by atoms with E-state index in [9.17, 15) is 0 Å². The van der Waals surface area contributed by atoms with Gasteiger partial charge in [-0.2, -0.15) is 0 Å². The molecule has 0 aromatic heterocycles. The lowest BCUT2D eigenvalue weighted by Gasteiger charge is -2.39. The van der Waals surface area contributed by atoms with E-state index in [1.165, 1.54) is 292 Å². The molecule has 0 rings (SSSR count). The molecule has 0 spiro atoms. The van der Waals surface area contributed by atoms with Crippen molar-refractivity contribution >= 4 is 0 Å². The van der Waals surface area contributed by atoms with Gasteiger partial charge in [-0.1, -0.05) is 220 Å². The second kappa shape index (κ2) is 47.4. The van der Waals surface area contributed by atoms with Crippen LogP contribution in [0.2, 0.25) is 0 Å². The molecule has 0 amide bonds. The molecule has 2 nitrogen and oxygen atoms in total. The average molecular weight is 951 g/mol. The molecule has 0 saturated heterocycles. The second-order valence-corrected chi connectivity index (χ2v) is 20.5. The van der Waals surface area contributed by atoms with Gasteiger partial charge in [0.15, 0.2) is 0 Å². The lowest BCUT2D eigenvalue weighted by molar-refractivity contribution is -0.916. The highest BCUT2D eigenvalue weighted by atomic mass is 79.9. The molecule has 2 atom stereocenters. The Morgan fingerprint density at radius 3 is 0.569 bits per heavy atom. The molecule has 0 aliphatic heterocycles. The first kappa shape index (κ1) is 63.2. The van der Waals surface area contributed by atoms with Gasteiger partial charge in [0.1, 0.15) is 0 Å². The highest BCUT2D eigenvalue weighted by Crippen LogP contribution is 2.26. The predicted molar refractivity (Wildman–Crippen MR) is 258 cm³/mol. The number of hydrogen-bond donors (Lipinski definition) is 0. The molecule has 0 N–H and O–H groups in total. The SMILES string of the molecule is CCCCCCCCCCC(CCCCCCCCC(CCCCCCCCCC)[N+](C)(C)CCCCCCCCCC)[N+](C)(C)CCCCCCCCCC.[Br-].[Br-]. The topological polar surface area (TPSA) is 0 Å². The summed E-state index contributed by atoms with van der Waals surface area (Å²) in [6.45, 7) is 12.1. The number of unbranched alkanes of at least 4 members (excludes halogenated alkanes) is 33. The highest BCUT2D eigenvalue weighted by Gasteiger charge is 2.28. The van der Waals surface area contributed by atoms with E-state index in [-0.39, 0.29) is 34.0 Å². The third kappa shape index (κ3) is 40.9. The van der Waals surface area contributed by atoms with E-state index >= 15 is 0 Å². The summed E-state index contributed by atoms with van der Waals surface area (Å²) in [5.41, 5.74) is 0. The van der Waals surface area contributed by atoms with Gasteiger partial charge in [-0.05, 0) is 77.0 Å². The minimum absolute atomic E-state index is 0. The van der Waals surface area contributed by atoms with E-state index in [1.54, 1.807) is 0 Å². The zero-order chi connectivity index (χ0) is 41.3. The number of nitrogens with zero attached hydrogens (tertiary/aromatic N) is 2. The maximum absolute atomic E-state index is 2.59. The Bertz CT molecular complexity index is 693. The van der Waals surface area contributed by atoms with Crippen LogP contribution in [0.25, 0.3) is 0 Å². The Labute approximate surface area is 391 Å². The monoisotopic (exact) mass is 949 g/mol. The van der Waals surface area contributed by atoms with Crippen molar-refractivity contribution in [2.24, 2.45) is 0 Å². The normalized spacial score (nSPS) is 13.0. The fourth-order valence-corrected chi connectivity index (χ4v) is 9.85. The Morgan fingerprint density at radius 1 is 0.224 bits per heavy atom. The van der Waals surface area contributed by atoms with Crippen LogP contribution in [0.4, 0.5) is 0 Å². The van der Waals surface area contributed by atoms with Crippen molar-refractivity contribution in [1.29, 1.82) is 0 Å². The van der Waals surface area contributed by atoms with Gasteiger partial charge in [-0.3, -0.25) is 0 Å². The fourth-order valence-electron chi connectivity index (χ4n) is 9.85. The van der Waals surface area contributed by atoms with Crippen LogP contribution in [0.1, 0.15) is 297 Å². The van der Waals surface area contributed by atoms with Crippen LogP contribution in [-0.4, -0.2) is 62.3 Å². The number of quaternary nitrogens is 2. The molecule has 0 aromatic carbocycles. The third-order valence-electron chi connectivity index (χ3n) is 14.3. The van der Waals surface area contributed by atoms with Crippen LogP contribution in [0.15, 0.2) is 0 Å². The molecule has 354 valence electrons. The fraction of sp³-hybridized carbons (Fsp3) is 1.00. The summed E-state index contributed by atoms with van der Waals surface area (Å²) < 4.78 is 2.55. The van der Waals surface area contributed by atoms with Crippen molar-refractivity contribution < 1.29 is 42.9 Å². The smallest absolute Gasteiger partial charge is 0.0886 e. The summed E-state index contributed by atoms with van der Waals surface area (Å²) >= 11 is 0. The number of hydrogen-bond acceptors (Lipinski definition) is 0. The van der Waals surface area contributed by atoms with Crippen molar-refractivity contribution in [2.45, 2.75) is 309 Å². The van der Waals surface area contributed by atoms with Crippen LogP contribution < -0.4 is 34.0 Å². The maximum Gasteiger partial charge on any atom is 0.0886 e. The summed E-state index contributed by atoms with van der Waals surface area (Å²) in [5.74, 6) is 0. The summed E-state index contributed by atoms with van der Waals surface area (Å²) in [4.78, 5) is 0. The molecule has 0 aliphatic carbocycles. The molecule has 2 unspecified atom stereocenters. The molecule has 58 heavy (non-hydrogen) atoms. The molecule has 0 aromatic rings. The molecule has 0 saturated carbocycles. The van der Waals surface area contributed by atoms with Gasteiger partial charge in [-0.15, -0.1) is 0 Å². The lowest BCUT2D eigenvalue weighted by Crippen LogP contribution is -3.00. The summed E-state index contributed by atoms with van der Waals surface area (Å²) in [7, 11) is 10.4. The maximum atomic E-state index is 2.59. The third-order valence-corrected chi connectivity index (χ3v) is 14.3. The van der Waals surface area contributed by atoms with Gasteiger partial charge in [0.2, 0.25) is 0 Å². The standard InChI is InChI=1S/C54H114N2.2BrH/c1-9-13-17-21-25-29-35-41-47-53(55(5,6)51-45-39-33-27-23-19-15-11-3)49-43-37-31-32-38-44-50-54(48-42-36-30-26-22-18-14-10-2)56(7,8)52-46-40-34-28-24-20-16-12-4;;/h53-54H,9-52H2,1-8H3;2*1H/q+2;;/p-2.